The highest BCUT2D eigenvalue weighted by atomic mass is 16.6. The van der Waals surface area contributed by atoms with E-state index >= 15 is 0 Å². The first kappa shape index (κ1) is 18.4. The average molecular weight is 336 g/mol. The second-order valence-corrected chi connectivity index (χ2v) is 7.14. The third-order valence-electron chi connectivity index (χ3n) is 3.78. The van der Waals surface area contributed by atoms with Crippen LogP contribution < -0.4 is 10.9 Å². The Labute approximate surface area is 142 Å². The summed E-state index contributed by atoms with van der Waals surface area (Å²) in [6.07, 6.45) is 2.02. The minimum absolute atomic E-state index is 0.00465. The van der Waals surface area contributed by atoms with Crippen LogP contribution in [0.15, 0.2) is 4.79 Å². The fourth-order valence-corrected chi connectivity index (χ4v) is 2.72. The number of aryl methyl sites for hydroxylation is 1. The molecule has 0 spiro atoms. The summed E-state index contributed by atoms with van der Waals surface area (Å²) in [5.41, 5.74) is 1.17. The van der Waals surface area contributed by atoms with Gasteiger partial charge in [0.25, 0.3) is 5.56 Å². The van der Waals surface area contributed by atoms with Crippen LogP contribution in [0.3, 0.4) is 0 Å². The van der Waals surface area contributed by atoms with E-state index in [1.54, 1.807) is 0 Å². The van der Waals surface area contributed by atoms with Crippen LogP contribution in [0.4, 0.5) is 4.79 Å². The quantitative estimate of drug-likeness (QED) is 0.853. The van der Waals surface area contributed by atoms with Crippen molar-refractivity contribution in [2.24, 2.45) is 0 Å². The molecular weight excluding hydrogens is 308 g/mol. The monoisotopic (exact) mass is 336 g/mol. The summed E-state index contributed by atoms with van der Waals surface area (Å²) in [5.74, 6) is 0.759. The number of nitrogens with one attached hydrogen (secondary N) is 2. The van der Waals surface area contributed by atoms with Crippen molar-refractivity contribution in [3.8, 4) is 0 Å². The van der Waals surface area contributed by atoms with E-state index in [1.807, 2.05) is 20.8 Å². The molecule has 0 atom stereocenters. The number of rotatable bonds is 5. The highest BCUT2D eigenvalue weighted by molar-refractivity contribution is 5.67. The van der Waals surface area contributed by atoms with Crippen molar-refractivity contribution >= 4 is 6.09 Å². The van der Waals surface area contributed by atoms with Gasteiger partial charge in [0, 0.05) is 38.2 Å². The van der Waals surface area contributed by atoms with Gasteiger partial charge in [0.05, 0.1) is 5.69 Å². The van der Waals surface area contributed by atoms with Crippen molar-refractivity contribution in [3.63, 3.8) is 0 Å². The van der Waals surface area contributed by atoms with E-state index in [0.717, 1.165) is 36.5 Å². The molecule has 0 aromatic carbocycles. The van der Waals surface area contributed by atoms with Gasteiger partial charge in [-0.05, 0) is 33.6 Å². The van der Waals surface area contributed by atoms with Gasteiger partial charge in [-0.15, -0.1) is 0 Å². The van der Waals surface area contributed by atoms with Crippen LogP contribution in [0, 0.1) is 0 Å². The van der Waals surface area contributed by atoms with E-state index in [9.17, 15) is 9.59 Å². The smallest absolute Gasteiger partial charge is 0.407 e. The van der Waals surface area contributed by atoms with E-state index in [-0.39, 0.29) is 5.56 Å². The lowest BCUT2D eigenvalue weighted by molar-refractivity contribution is 0.0521. The van der Waals surface area contributed by atoms with Gasteiger partial charge in [0.1, 0.15) is 11.4 Å². The standard InChI is InChI=1S/C17H28N4O3/c1-5-6-14-19-13-11-21(9-7-12(13)15(22)20-14)10-8-18-16(23)24-17(2,3)4/h5-11H2,1-4H3,(H,18,23)(H,19,20,22). The molecule has 7 nitrogen and oxygen atoms in total. The predicted octanol–water partition coefficient (Wildman–Crippen LogP) is 1.61. The summed E-state index contributed by atoms with van der Waals surface area (Å²) >= 11 is 0. The number of amides is 1. The molecule has 7 heteroatoms. The van der Waals surface area contributed by atoms with E-state index in [1.165, 1.54) is 0 Å². The number of alkyl carbamates (subject to hydrolysis) is 1. The molecule has 0 fully saturated rings. The number of nitrogens with zero attached hydrogens (tertiary/aromatic N) is 2. The molecule has 0 bridgehead atoms. The molecule has 2 rings (SSSR count). The van der Waals surface area contributed by atoms with Crippen LogP contribution in [0.1, 0.15) is 51.2 Å². The maximum Gasteiger partial charge on any atom is 0.407 e. The molecule has 0 radical (unpaired) electrons. The zero-order chi connectivity index (χ0) is 17.7. The van der Waals surface area contributed by atoms with Gasteiger partial charge in [-0.1, -0.05) is 6.92 Å². The average Bonchev–Trinajstić information content (AvgIpc) is 2.45. The lowest BCUT2D eigenvalue weighted by Crippen LogP contribution is -2.41. The number of hydrogen-bond acceptors (Lipinski definition) is 5. The number of aromatic nitrogens is 2. The van der Waals surface area contributed by atoms with E-state index in [0.29, 0.717) is 26.1 Å². The van der Waals surface area contributed by atoms with Crippen LogP contribution in [0.2, 0.25) is 0 Å². The molecular formula is C17H28N4O3. The number of H-pyrrole nitrogens is 1. The number of aromatic amines is 1. The van der Waals surface area contributed by atoms with Crippen LogP contribution >= 0.6 is 0 Å². The van der Waals surface area contributed by atoms with Crippen molar-refractivity contribution in [1.82, 2.24) is 20.2 Å². The fourth-order valence-electron chi connectivity index (χ4n) is 2.72. The molecule has 0 saturated heterocycles. The maximum absolute atomic E-state index is 12.1. The zero-order valence-corrected chi connectivity index (χ0v) is 15.1. The number of fused-ring (bicyclic) bond motifs is 1. The first-order valence-corrected chi connectivity index (χ1v) is 8.58. The van der Waals surface area contributed by atoms with Gasteiger partial charge in [-0.3, -0.25) is 9.69 Å². The van der Waals surface area contributed by atoms with Gasteiger partial charge in [-0.25, -0.2) is 9.78 Å². The van der Waals surface area contributed by atoms with Crippen molar-refractivity contribution in [2.45, 2.75) is 59.1 Å². The minimum atomic E-state index is -0.491. The SMILES string of the molecule is CCCc1nc2c(c(=O)[nH]1)CCN(CCNC(=O)OC(C)(C)C)C2. The number of carbonyl (C=O) groups excluding carboxylic acids is 1. The summed E-state index contributed by atoms with van der Waals surface area (Å²) in [6.45, 7) is 10.2. The first-order chi connectivity index (χ1) is 11.3. The summed E-state index contributed by atoms with van der Waals surface area (Å²) in [5, 5.41) is 2.76. The van der Waals surface area contributed by atoms with Crippen LogP contribution in [-0.4, -0.2) is 46.2 Å². The fraction of sp³-hybridized carbons (Fsp3) is 0.706. The molecule has 0 unspecified atom stereocenters. The van der Waals surface area contributed by atoms with Crippen molar-refractivity contribution < 1.29 is 9.53 Å². The molecule has 2 heterocycles. The molecule has 24 heavy (non-hydrogen) atoms. The lowest BCUT2D eigenvalue weighted by atomic mass is 10.1. The minimum Gasteiger partial charge on any atom is -0.444 e. The molecule has 1 aromatic heterocycles. The highest BCUT2D eigenvalue weighted by Crippen LogP contribution is 2.13. The van der Waals surface area contributed by atoms with Gasteiger partial charge < -0.3 is 15.0 Å². The molecule has 1 amide bonds. The summed E-state index contributed by atoms with van der Waals surface area (Å²) in [7, 11) is 0. The number of carbonyl (C=O) groups is 1. The summed E-state index contributed by atoms with van der Waals surface area (Å²) in [4.78, 5) is 33.4. The van der Waals surface area contributed by atoms with E-state index in [2.05, 4.69) is 27.1 Å². The Bertz CT molecular complexity index is 634. The number of hydrogen-bond donors (Lipinski definition) is 2. The molecule has 1 aliphatic heterocycles. The largest absolute Gasteiger partial charge is 0.444 e. The molecule has 1 aromatic rings. The lowest BCUT2D eigenvalue weighted by Gasteiger charge is -2.28. The van der Waals surface area contributed by atoms with E-state index in [4.69, 9.17) is 4.74 Å². The van der Waals surface area contributed by atoms with Crippen LogP contribution in [0.5, 0.6) is 0 Å². The maximum atomic E-state index is 12.1. The van der Waals surface area contributed by atoms with Crippen molar-refractivity contribution in [1.29, 1.82) is 0 Å². The third-order valence-corrected chi connectivity index (χ3v) is 3.78. The van der Waals surface area contributed by atoms with Gasteiger partial charge in [-0.2, -0.15) is 0 Å². The Hall–Kier alpha value is -1.89. The molecule has 0 saturated carbocycles. The molecule has 0 aliphatic carbocycles. The van der Waals surface area contributed by atoms with Gasteiger partial charge in [0.15, 0.2) is 0 Å². The molecule has 1 aliphatic rings. The Morgan fingerprint density at radius 2 is 2.17 bits per heavy atom. The van der Waals surface area contributed by atoms with Crippen LogP contribution in [-0.2, 0) is 24.1 Å². The predicted molar refractivity (Wildman–Crippen MR) is 92.1 cm³/mol. The Kier molecular flexibility index (Phi) is 5.99. The Morgan fingerprint density at radius 3 is 2.83 bits per heavy atom. The van der Waals surface area contributed by atoms with Crippen molar-refractivity contribution in [2.75, 3.05) is 19.6 Å². The Balaban J connectivity index is 1.88. The highest BCUT2D eigenvalue weighted by Gasteiger charge is 2.21. The normalized spacial score (nSPS) is 15.0. The molecule has 2 N–H and O–H groups in total. The zero-order valence-electron chi connectivity index (χ0n) is 15.1. The molecule has 134 valence electrons. The Morgan fingerprint density at radius 1 is 1.42 bits per heavy atom. The second kappa shape index (κ2) is 7.79. The number of ether oxygens (including phenoxy) is 1. The van der Waals surface area contributed by atoms with E-state index < -0.39 is 11.7 Å². The summed E-state index contributed by atoms with van der Waals surface area (Å²) in [6, 6.07) is 0. The van der Waals surface area contributed by atoms with Crippen LogP contribution in [0.25, 0.3) is 0 Å². The van der Waals surface area contributed by atoms with Crippen molar-refractivity contribution in [3.05, 3.63) is 27.4 Å². The third kappa shape index (κ3) is 5.33. The van der Waals surface area contributed by atoms with Gasteiger partial charge in [0.2, 0.25) is 0 Å². The van der Waals surface area contributed by atoms with Gasteiger partial charge >= 0.3 is 6.09 Å². The summed E-state index contributed by atoms with van der Waals surface area (Å²) < 4.78 is 5.22. The first-order valence-electron chi connectivity index (χ1n) is 8.58. The second-order valence-electron chi connectivity index (χ2n) is 7.14. The topological polar surface area (TPSA) is 87.3 Å².